The Labute approximate surface area is 105 Å². The molecule has 0 N–H and O–H groups in total. The Morgan fingerprint density at radius 2 is 2.22 bits per heavy atom. The van der Waals surface area contributed by atoms with Gasteiger partial charge in [-0.3, -0.25) is 4.79 Å². The third-order valence-corrected chi connectivity index (χ3v) is 2.65. The standard InChI is InChI=1S/C13H15N3O2/c1-10-3-4-13(12(9-17)15-10)18-8-7-16-6-5-14-11(16)2/h3-6,9H,7-8H2,1-2H3. The van der Waals surface area contributed by atoms with Gasteiger partial charge in [-0.1, -0.05) is 0 Å². The maximum Gasteiger partial charge on any atom is 0.172 e. The van der Waals surface area contributed by atoms with Crippen LogP contribution in [0.2, 0.25) is 0 Å². The summed E-state index contributed by atoms with van der Waals surface area (Å²) in [6, 6.07) is 3.59. The molecule has 0 bridgehead atoms. The van der Waals surface area contributed by atoms with E-state index in [1.165, 1.54) is 0 Å². The zero-order valence-electron chi connectivity index (χ0n) is 10.5. The lowest BCUT2D eigenvalue weighted by molar-refractivity contribution is 0.111. The molecule has 0 aliphatic carbocycles. The number of aldehydes is 1. The number of ether oxygens (including phenoxy) is 1. The van der Waals surface area contributed by atoms with Crippen LogP contribution >= 0.6 is 0 Å². The zero-order valence-corrected chi connectivity index (χ0v) is 10.5. The molecule has 2 rings (SSSR count). The number of hydrogen-bond donors (Lipinski definition) is 0. The normalized spacial score (nSPS) is 10.3. The molecule has 0 atom stereocenters. The molecule has 0 aliphatic heterocycles. The fourth-order valence-electron chi connectivity index (χ4n) is 1.66. The van der Waals surface area contributed by atoms with Crippen LogP contribution in [-0.2, 0) is 6.54 Å². The van der Waals surface area contributed by atoms with Gasteiger partial charge < -0.3 is 9.30 Å². The second kappa shape index (κ2) is 5.44. The molecule has 5 heteroatoms. The van der Waals surface area contributed by atoms with Crippen molar-refractivity contribution in [3.63, 3.8) is 0 Å². The van der Waals surface area contributed by atoms with Crippen molar-refractivity contribution in [1.82, 2.24) is 14.5 Å². The predicted molar refractivity (Wildman–Crippen MR) is 66.8 cm³/mol. The molecule has 0 unspecified atom stereocenters. The quantitative estimate of drug-likeness (QED) is 0.753. The molecule has 2 aromatic rings. The zero-order chi connectivity index (χ0) is 13.0. The summed E-state index contributed by atoms with van der Waals surface area (Å²) in [6.07, 6.45) is 4.36. The Morgan fingerprint density at radius 3 is 2.89 bits per heavy atom. The van der Waals surface area contributed by atoms with Gasteiger partial charge in [0.15, 0.2) is 6.29 Å². The number of imidazole rings is 1. The summed E-state index contributed by atoms with van der Waals surface area (Å²) in [4.78, 5) is 19.1. The summed E-state index contributed by atoms with van der Waals surface area (Å²) < 4.78 is 7.56. The van der Waals surface area contributed by atoms with Crippen molar-refractivity contribution in [3.05, 3.63) is 41.7 Å². The van der Waals surface area contributed by atoms with Gasteiger partial charge in [0.25, 0.3) is 0 Å². The van der Waals surface area contributed by atoms with Crippen molar-refractivity contribution in [1.29, 1.82) is 0 Å². The maximum atomic E-state index is 10.9. The number of carbonyl (C=O) groups is 1. The maximum absolute atomic E-state index is 10.9. The van der Waals surface area contributed by atoms with Crippen molar-refractivity contribution in [2.45, 2.75) is 20.4 Å². The second-order valence-corrected chi connectivity index (χ2v) is 3.97. The number of hydrogen-bond acceptors (Lipinski definition) is 4. The van der Waals surface area contributed by atoms with E-state index in [1.807, 2.05) is 30.7 Å². The number of nitrogens with zero attached hydrogens (tertiary/aromatic N) is 3. The average molecular weight is 245 g/mol. The molecular formula is C13H15N3O2. The first-order valence-corrected chi connectivity index (χ1v) is 5.74. The van der Waals surface area contributed by atoms with E-state index in [0.717, 1.165) is 11.5 Å². The third-order valence-electron chi connectivity index (χ3n) is 2.65. The first-order chi connectivity index (χ1) is 8.70. The van der Waals surface area contributed by atoms with Gasteiger partial charge in [0.1, 0.15) is 23.9 Å². The van der Waals surface area contributed by atoms with Crippen molar-refractivity contribution in [2.24, 2.45) is 0 Å². The first kappa shape index (κ1) is 12.3. The Kier molecular flexibility index (Phi) is 3.72. The summed E-state index contributed by atoms with van der Waals surface area (Å²) >= 11 is 0. The lowest BCUT2D eigenvalue weighted by atomic mass is 10.3. The minimum atomic E-state index is 0.345. The van der Waals surface area contributed by atoms with Crippen LogP contribution < -0.4 is 4.74 Å². The van der Waals surface area contributed by atoms with Gasteiger partial charge in [0, 0.05) is 18.1 Å². The van der Waals surface area contributed by atoms with Crippen LogP contribution in [0.1, 0.15) is 22.0 Å². The highest BCUT2D eigenvalue weighted by atomic mass is 16.5. The van der Waals surface area contributed by atoms with Crippen LogP contribution in [0.25, 0.3) is 0 Å². The molecular weight excluding hydrogens is 230 g/mol. The van der Waals surface area contributed by atoms with E-state index in [1.54, 1.807) is 12.3 Å². The van der Waals surface area contributed by atoms with E-state index in [2.05, 4.69) is 9.97 Å². The molecule has 0 saturated heterocycles. The predicted octanol–water partition coefficient (Wildman–Crippen LogP) is 1.79. The minimum absolute atomic E-state index is 0.345. The number of pyridine rings is 1. The lowest BCUT2D eigenvalue weighted by Crippen LogP contribution is -2.10. The molecule has 5 nitrogen and oxygen atoms in total. The van der Waals surface area contributed by atoms with Gasteiger partial charge in [-0.15, -0.1) is 0 Å². The van der Waals surface area contributed by atoms with E-state index in [-0.39, 0.29) is 0 Å². The molecule has 2 aromatic heterocycles. The summed E-state index contributed by atoms with van der Waals surface area (Å²) in [6.45, 7) is 4.94. The van der Waals surface area contributed by atoms with Gasteiger partial charge >= 0.3 is 0 Å². The summed E-state index contributed by atoms with van der Waals surface area (Å²) in [5, 5.41) is 0. The summed E-state index contributed by atoms with van der Waals surface area (Å²) in [7, 11) is 0. The van der Waals surface area contributed by atoms with Gasteiger partial charge in [-0.05, 0) is 26.0 Å². The highest BCUT2D eigenvalue weighted by molar-refractivity contribution is 5.76. The molecule has 0 amide bonds. The monoisotopic (exact) mass is 245 g/mol. The van der Waals surface area contributed by atoms with E-state index >= 15 is 0 Å². The largest absolute Gasteiger partial charge is 0.489 e. The second-order valence-electron chi connectivity index (χ2n) is 3.97. The fraction of sp³-hybridized carbons (Fsp3) is 0.308. The van der Waals surface area contributed by atoms with Crippen molar-refractivity contribution in [2.75, 3.05) is 6.61 Å². The molecule has 2 heterocycles. The molecule has 0 fully saturated rings. The molecule has 0 aromatic carbocycles. The molecule has 0 spiro atoms. The van der Waals surface area contributed by atoms with E-state index in [0.29, 0.717) is 30.9 Å². The number of aryl methyl sites for hydroxylation is 2. The summed E-state index contributed by atoms with van der Waals surface area (Å²) in [5.41, 5.74) is 1.15. The van der Waals surface area contributed by atoms with E-state index in [4.69, 9.17) is 4.74 Å². The highest BCUT2D eigenvalue weighted by Gasteiger charge is 2.05. The average Bonchev–Trinajstić information content (AvgIpc) is 2.77. The Bertz CT molecular complexity index is 549. The van der Waals surface area contributed by atoms with Crippen LogP contribution in [0, 0.1) is 13.8 Å². The Hall–Kier alpha value is -2.17. The Balaban J connectivity index is 1.98. The van der Waals surface area contributed by atoms with Gasteiger partial charge in [0.2, 0.25) is 0 Å². The molecule has 18 heavy (non-hydrogen) atoms. The van der Waals surface area contributed by atoms with Crippen molar-refractivity contribution < 1.29 is 9.53 Å². The first-order valence-electron chi connectivity index (χ1n) is 5.74. The lowest BCUT2D eigenvalue weighted by Gasteiger charge is -2.09. The van der Waals surface area contributed by atoms with Crippen LogP contribution in [0.15, 0.2) is 24.5 Å². The summed E-state index contributed by atoms with van der Waals surface area (Å²) in [5.74, 6) is 1.46. The SMILES string of the molecule is Cc1ccc(OCCn2ccnc2C)c(C=O)n1. The van der Waals surface area contributed by atoms with E-state index < -0.39 is 0 Å². The van der Waals surface area contributed by atoms with Crippen LogP contribution in [0.3, 0.4) is 0 Å². The fourth-order valence-corrected chi connectivity index (χ4v) is 1.66. The van der Waals surface area contributed by atoms with Crippen molar-refractivity contribution >= 4 is 6.29 Å². The third kappa shape index (κ3) is 2.74. The van der Waals surface area contributed by atoms with Gasteiger partial charge in [-0.2, -0.15) is 0 Å². The van der Waals surface area contributed by atoms with Crippen LogP contribution in [-0.4, -0.2) is 27.4 Å². The molecule has 94 valence electrons. The number of rotatable bonds is 5. The number of aromatic nitrogens is 3. The topological polar surface area (TPSA) is 57.0 Å². The molecule has 0 saturated carbocycles. The molecule has 0 radical (unpaired) electrons. The smallest absolute Gasteiger partial charge is 0.172 e. The molecule has 0 aliphatic rings. The number of carbonyl (C=O) groups excluding carboxylic acids is 1. The van der Waals surface area contributed by atoms with Gasteiger partial charge in [0.05, 0.1) is 6.54 Å². The van der Waals surface area contributed by atoms with Crippen LogP contribution in [0.4, 0.5) is 0 Å². The van der Waals surface area contributed by atoms with Gasteiger partial charge in [-0.25, -0.2) is 9.97 Å². The van der Waals surface area contributed by atoms with E-state index in [9.17, 15) is 4.79 Å². The Morgan fingerprint density at radius 1 is 1.39 bits per heavy atom. The highest BCUT2D eigenvalue weighted by Crippen LogP contribution is 2.15. The minimum Gasteiger partial charge on any atom is -0.489 e. The van der Waals surface area contributed by atoms with Crippen molar-refractivity contribution in [3.8, 4) is 5.75 Å². The van der Waals surface area contributed by atoms with Crippen LogP contribution in [0.5, 0.6) is 5.75 Å².